The van der Waals surface area contributed by atoms with E-state index in [2.05, 4.69) is 46.8 Å². The minimum Gasteiger partial charge on any atom is -0.507 e. The number of hydrogen-bond acceptors (Lipinski definition) is 3. The molecule has 0 saturated heterocycles. The largest absolute Gasteiger partial charge is 0.507 e. The van der Waals surface area contributed by atoms with Crippen molar-refractivity contribution in [2.24, 2.45) is 0 Å². The number of nitrogens with zero attached hydrogens (tertiary/aromatic N) is 3. The molecule has 2 heterocycles. The molecule has 0 atom stereocenters. The van der Waals surface area contributed by atoms with Gasteiger partial charge in [-0.05, 0) is 93.2 Å². The summed E-state index contributed by atoms with van der Waals surface area (Å²) in [6, 6.07) is 41.7. The van der Waals surface area contributed by atoms with Crippen LogP contribution in [0.2, 0.25) is 0 Å². The molecule has 0 saturated carbocycles. The molecule has 6 aromatic carbocycles. The van der Waals surface area contributed by atoms with Crippen molar-refractivity contribution in [3.63, 3.8) is 0 Å². The SMILES string of the molecule is [2H]C([2H])([2H])c1ccc(-n2c(-c3cc(C(C)C)cc(C(C)C)c3O)nc3c(-c4[c-]c(-c5cc(-c6ccc(C(C([2H])([2H])[2H])(C([2H])([2H])[2H])C([2H])([2H])[2H])cc6)ccn5)cc(C(C)(C)C)c4)cccc32)c(-c2ccccc2)c1.[Pt]. The normalized spacial score (nSPS) is 15.7. The monoisotopic (exact) mass is 1010 g/mol. The minimum atomic E-state index is -3.39. The second-order valence-electron chi connectivity index (χ2n) is 17.6. The second-order valence-corrected chi connectivity index (χ2v) is 17.6. The standard InChI is InChI=1S/C57H58N3O.Pt/c1-35(2)41-32-47(36(3)4)54(61)49(33-41)55-59-53-46(18-15-19-52(53)60(55)51-25-20-37(5)28-48(51)39-16-13-12-14-17-39)42-29-43(31-45(30-42)57(9,10)11)50-34-40(26-27-58-50)38-21-23-44(24-22-38)56(6,7)8;/h12-28,30-36,61H,1-11H3;/q-1;/i5D3,6D3,7D3,8D3;. The molecule has 0 aliphatic heterocycles. The van der Waals surface area contributed by atoms with Crippen molar-refractivity contribution < 1.29 is 42.6 Å². The van der Waals surface area contributed by atoms with E-state index in [0.717, 1.165) is 27.8 Å². The molecule has 0 aliphatic rings. The predicted octanol–water partition coefficient (Wildman–Crippen LogP) is 15.4. The van der Waals surface area contributed by atoms with Crippen LogP contribution < -0.4 is 0 Å². The molecule has 62 heavy (non-hydrogen) atoms. The molecule has 0 aliphatic carbocycles. The van der Waals surface area contributed by atoms with E-state index in [1.165, 1.54) is 24.3 Å². The number of fused-ring (bicyclic) bond motifs is 1. The van der Waals surface area contributed by atoms with Gasteiger partial charge in [-0.15, -0.1) is 29.3 Å². The number of phenols is 1. The molecular weight excluding hydrogens is 938 g/mol. The molecule has 0 radical (unpaired) electrons. The van der Waals surface area contributed by atoms with Crippen LogP contribution in [-0.2, 0) is 31.9 Å². The summed E-state index contributed by atoms with van der Waals surface area (Å²) in [5, 5.41) is 12.3. The average molecular weight is 1010 g/mol. The van der Waals surface area contributed by atoms with Crippen molar-refractivity contribution in [2.45, 2.75) is 98.5 Å². The summed E-state index contributed by atoms with van der Waals surface area (Å²) >= 11 is 0. The van der Waals surface area contributed by atoms with Gasteiger partial charge in [0, 0.05) is 55.0 Å². The van der Waals surface area contributed by atoms with Gasteiger partial charge in [-0.25, -0.2) is 4.98 Å². The Morgan fingerprint density at radius 1 is 0.645 bits per heavy atom. The Balaban J connectivity index is 0.00000800. The van der Waals surface area contributed by atoms with E-state index in [0.29, 0.717) is 61.6 Å². The number of aryl methyl sites for hydroxylation is 1. The molecule has 8 rings (SSSR count). The van der Waals surface area contributed by atoms with Gasteiger partial charge < -0.3 is 5.11 Å². The number of para-hydroxylation sites is 1. The van der Waals surface area contributed by atoms with Crippen molar-refractivity contribution in [1.82, 2.24) is 14.5 Å². The van der Waals surface area contributed by atoms with E-state index < -0.39 is 32.8 Å². The summed E-state index contributed by atoms with van der Waals surface area (Å²) in [5.74, 6) is 0.664. The van der Waals surface area contributed by atoms with Crippen LogP contribution in [-0.4, -0.2) is 19.6 Å². The zero-order valence-electron chi connectivity index (χ0n) is 48.0. The minimum absolute atomic E-state index is 0. The van der Waals surface area contributed by atoms with Crippen molar-refractivity contribution in [1.29, 1.82) is 0 Å². The molecule has 5 heteroatoms. The van der Waals surface area contributed by atoms with Gasteiger partial charge in [0.15, 0.2) is 0 Å². The Morgan fingerprint density at radius 2 is 1.39 bits per heavy atom. The predicted molar refractivity (Wildman–Crippen MR) is 257 cm³/mol. The zero-order chi connectivity index (χ0) is 53.4. The number of benzene rings is 6. The molecule has 318 valence electrons. The van der Waals surface area contributed by atoms with Crippen LogP contribution in [0.4, 0.5) is 0 Å². The van der Waals surface area contributed by atoms with Crippen molar-refractivity contribution in [3.05, 3.63) is 167 Å². The van der Waals surface area contributed by atoms with Gasteiger partial charge in [-0.1, -0.05) is 171 Å². The Morgan fingerprint density at radius 3 is 2.06 bits per heavy atom. The number of hydrogen-bond donors (Lipinski definition) is 1. The van der Waals surface area contributed by atoms with Crippen LogP contribution in [0.3, 0.4) is 0 Å². The van der Waals surface area contributed by atoms with E-state index >= 15 is 0 Å². The van der Waals surface area contributed by atoms with Crippen LogP contribution in [0.5, 0.6) is 5.75 Å². The van der Waals surface area contributed by atoms with Gasteiger partial charge >= 0.3 is 0 Å². The molecular formula is C57H58N3OPt-. The van der Waals surface area contributed by atoms with Crippen LogP contribution in [0.15, 0.2) is 134 Å². The summed E-state index contributed by atoms with van der Waals surface area (Å²) in [7, 11) is 0. The van der Waals surface area contributed by atoms with Gasteiger partial charge in [0.1, 0.15) is 11.6 Å². The third-order valence-electron chi connectivity index (χ3n) is 11.4. The molecule has 4 nitrogen and oxygen atoms in total. The number of aromatic hydroxyl groups is 1. The van der Waals surface area contributed by atoms with Gasteiger partial charge in [-0.2, -0.15) is 0 Å². The first kappa shape index (κ1) is 31.3. The molecule has 0 unspecified atom stereocenters. The molecule has 0 bridgehead atoms. The molecule has 2 aromatic heterocycles. The smallest absolute Gasteiger partial charge is 0.148 e. The van der Waals surface area contributed by atoms with E-state index in [9.17, 15) is 5.11 Å². The van der Waals surface area contributed by atoms with Gasteiger partial charge in [0.2, 0.25) is 0 Å². The van der Waals surface area contributed by atoms with Gasteiger partial charge in [0.25, 0.3) is 0 Å². The Kier molecular flexibility index (Phi) is 8.73. The van der Waals surface area contributed by atoms with E-state index in [1.807, 2.05) is 97.3 Å². The first-order valence-corrected chi connectivity index (χ1v) is 20.7. The summed E-state index contributed by atoms with van der Waals surface area (Å²) in [6.45, 7) is 2.07. The number of imidazole rings is 1. The van der Waals surface area contributed by atoms with Crippen LogP contribution >= 0.6 is 0 Å². The zero-order valence-corrected chi connectivity index (χ0v) is 38.2. The Bertz CT molecular complexity index is 3310. The number of aromatic nitrogens is 3. The quantitative estimate of drug-likeness (QED) is 0.154. The number of phenolic OH excluding ortho intramolecular Hbond substituents is 1. The molecule has 0 amide bonds. The fourth-order valence-electron chi connectivity index (χ4n) is 7.90. The summed E-state index contributed by atoms with van der Waals surface area (Å²) in [4.78, 5) is 10.3. The summed E-state index contributed by atoms with van der Waals surface area (Å²) < 4.78 is 101. The molecule has 8 aromatic rings. The van der Waals surface area contributed by atoms with Crippen LogP contribution in [0.25, 0.3) is 72.7 Å². The Hall–Kier alpha value is -5.57. The third-order valence-corrected chi connectivity index (χ3v) is 11.4. The first-order valence-electron chi connectivity index (χ1n) is 26.7. The van der Waals surface area contributed by atoms with E-state index in [-0.39, 0.29) is 55.2 Å². The maximum atomic E-state index is 12.3. The topological polar surface area (TPSA) is 50.9 Å². The Labute approximate surface area is 400 Å². The van der Waals surface area contributed by atoms with Crippen molar-refractivity contribution in [3.8, 4) is 67.5 Å². The van der Waals surface area contributed by atoms with Gasteiger partial charge in [-0.3, -0.25) is 9.55 Å². The number of rotatable bonds is 8. The summed E-state index contributed by atoms with van der Waals surface area (Å²) in [5.41, 5.74) is 6.95. The first-order chi connectivity index (χ1) is 33.9. The van der Waals surface area contributed by atoms with Crippen LogP contribution in [0.1, 0.15) is 125 Å². The summed E-state index contributed by atoms with van der Waals surface area (Å²) in [6.07, 6.45) is 1.63. The van der Waals surface area contributed by atoms with E-state index in [1.54, 1.807) is 24.4 Å². The second kappa shape index (κ2) is 17.3. The number of pyridine rings is 1. The van der Waals surface area contributed by atoms with E-state index in [4.69, 9.17) is 26.4 Å². The fourth-order valence-corrected chi connectivity index (χ4v) is 7.90. The third kappa shape index (κ3) is 8.73. The average Bonchev–Trinajstić information content (AvgIpc) is 3.69. The molecule has 0 spiro atoms. The molecule has 0 fully saturated rings. The maximum Gasteiger partial charge on any atom is 0.148 e. The van der Waals surface area contributed by atoms with Gasteiger partial charge in [0.05, 0.1) is 22.3 Å². The molecule has 1 N–H and O–H groups in total. The maximum absolute atomic E-state index is 12.3. The fraction of sp³-hybridized carbons (Fsp3) is 0.263. The van der Waals surface area contributed by atoms with Crippen molar-refractivity contribution >= 4 is 11.0 Å². The van der Waals surface area contributed by atoms with Crippen molar-refractivity contribution in [2.75, 3.05) is 0 Å². The van der Waals surface area contributed by atoms with Crippen LogP contribution in [0, 0.1) is 12.9 Å².